The molecule has 0 radical (unpaired) electrons. The molecule has 0 atom stereocenters. The molecule has 4 aromatic rings. The van der Waals surface area contributed by atoms with Crippen molar-refractivity contribution in [2.24, 2.45) is 5.92 Å². The molecule has 1 N–H and O–H groups in total. The molecule has 1 fully saturated rings. The summed E-state index contributed by atoms with van der Waals surface area (Å²) in [6.07, 6.45) is 0.865. The van der Waals surface area contributed by atoms with Crippen molar-refractivity contribution >= 4 is 26.9 Å². The summed E-state index contributed by atoms with van der Waals surface area (Å²) in [6, 6.07) is 1.37. The Morgan fingerprint density at radius 2 is 1.90 bits per heavy atom. The lowest BCUT2D eigenvalue weighted by molar-refractivity contribution is -0.290. The van der Waals surface area contributed by atoms with Crippen LogP contribution in [-0.4, -0.2) is 74.3 Å². The van der Waals surface area contributed by atoms with E-state index in [0.717, 1.165) is 29.8 Å². The van der Waals surface area contributed by atoms with Crippen molar-refractivity contribution in [1.82, 2.24) is 34.3 Å². The topological polar surface area (TPSA) is 133 Å². The van der Waals surface area contributed by atoms with Gasteiger partial charge in [-0.1, -0.05) is 6.92 Å². The number of aromatic nitrogens is 6. The molecular formula is C22H20F5N7O4S. The monoisotopic (exact) mass is 573 g/mol. The van der Waals surface area contributed by atoms with Crippen molar-refractivity contribution in [3.05, 3.63) is 36.5 Å². The first kappa shape index (κ1) is 26.7. The minimum absolute atomic E-state index is 0.0142. The van der Waals surface area contributed by atoms with E-state index in [1.807, 2.05) is 0 Å². The number of nitrogens with zero attached hydrogens (tertiary/aromatic N) is 6. The van der Waals surface area contributed by atoms with E-state index in [4.69, 9.17) is 4.74 Å². The van der Waals surface area contributed by atoms with Crippen LogP contribution in [0.5, 0.6) is 5.88 Å². The number of carbonyl (C=O) groups is 1. The standard InChI is InChI=1S/C22H20F5N7O4S/c1-2-39(36,37)20-15(17-28-6-5-13(34(17)32-20)18(35)31-9-12-3-4-12)16-30-10-14-19(29-7-8-33(14)16)38-11-21(23,24)22(25,26)27/h5-8,10,12H,2-4,9,11H2,1H3,(H,31,35). The summed E-state index contributed by atoms with van der Waals surface area (Å²) in [5.74, 6) is -6.31. The highest BCUT2D eigenvalue weighted by Crippen LogP contribution is 2.37. The van der Waals surface area contributed by atoms with Gasteiger partial charge in [0.15, 0.2) is 32.9 Å². The highest BCUT2D eigenvalue weighted by Gasteiger charge is 2.58. The molecule has 0 spiro atoms. The second-order valence-electron chi connectivity index (χ2n) is 8.86. The molecule has 0 saturated heterocycles. The van der Waals surface area contributed by atoms with Gasteiger partial charge in [0.25, 0.3) is 5.91 Å². The van der Waals surface area contributed by atoms with E-state index < -0.39 is 45.4 Å². The van der Waals surface area contributed by atoms with Crippen LogP contribution >= 0.6 is 0 Å². The van der Waals surface area contributed by atoms with Gasteiger partial charge in [0.05, 0.1) is 11.9 Å². The van der Waals surface area contributed by atoms with Crippen molar-refractivity contribution in [2.75, 3.05) is 18.9 Å². The summed E-state index contributed by atoms with van der Waals surface area (Å²) in [7, 11) is -4.03. The summed E-state index contributed by atoms with van der Waals surface area (Å²) in [5, 5.41) is 6.51. The minimum atomic E-state index is -5.84. The van der Waals surface area contributed by atoms with E-state index >= 15 is 0 Å². The second-order valence-corrected chi connectivity index (χ2v) is 11.1. The van der Waals surface area contributed by atoms with Crippen molar-refractivity contribution in [3.63, 3.8) is 0 Å². The molecule has 0 aliphatic heterocycles. The van der Waals surface area contributed by atoms with Gasteiger partial charge >= 0.3 is 12.1 Å². The lowest BCUT2D eigenvalue weighted by Gasteiger charge is -2.19. The van der Waals surface area contributed by atoms with E-state index in [9.17, 15) is 35.2 Å². The maximum atomic E-state index is 13.4. The summed E-state index contributed by atoms with van der Waals surface area (Å²) >= 11 is 0. The van der Waals surface area contributed by atoms with Gasteiger partial charge in [-0.3, -0.25) is 9.20 Å². The maximum absolute atomic E-state index is 13.4. The Labute approximate surface area is 216 Å². The summed E-state index contributed by atoms with van der Waals surface area (Å²) in [4.78, 5) is 25.0. The Morgan fingerprint density at radius 1 is 1.15 bits per heavy atom. The molecule has 4 aromatic heterocycles. The Morgan fingerprint density at radius 3 is 2.56 bits per heavy atom. The van der Waals surface area contributed by atoms with Gasteiger partial charge in [0, 0.05) is 25.1 Å². The van der Waals surface area contributed by atoms with E-state index in [0.29, 0.717) is 12.5 Å². The Kier molecular flexibility index (Phi) is 6.43. The third kappa shape index (κ3) is 4.86. The van der Waals surface area contributed by atoms with Crippen LogP contribution in [0, 0.1) is 5.92 Å². The first-order valence-electron chi connectivity index (χ1n) is 11.6. The molecule has 1 saturated carbocycles. The van der Waals surface area contributed by atoms with Crippen LogP contribution < -0.4 is 10.1 Å². The Balaban J connectivity index is 1.63. The number of carbonyl (C=O) groups excluding carboxylic acids is 1. The van der Waals surface area contributed by atoms with Gasteiger partial charge in [-0.25, -0.2) is 27.9 Å². The predicted octanol–water partition coefficient (Wildman–Crippen LogP) is 2.95. The average molecular weight is 574 g/mol. The lowest BCUT2D eigenvalue weighted by Crippen LogP contribution is -2.41. The van der Waals surface area contributed by atoms with Crippen LogP contribution in [0.4, 0.5) is 22.0 Å². The number of rotatable bonds is 9. The fourth-order valence-corrected chi connectivity index (χ4v) is 4.71. The second kappa shape index (κ2) is 9.39. The number of halogens is 5. The third-order valence-electron chi connectivity index (χ3n) is 6.09. The lowest BCUT2D eigenvalue weighted by atomic mass is 10.3. The molecule has 5 rings (SSSR count). The van der Waals surface area contributed by atoms with Gasteiger partial charge in [-0.05, 0) is 24.8 Å². The molecular weight excluding hydrogens is 553 g/mol. The molecule has 1 aliphatic rings. The fraction of sp³-hybridized carbons (Fsp3) is 0.409. The molecule has 208 valence electrons. The molecule has 0 aromatic carbocycles. The normalized spacial score (nSPS) is 14.7. The first-order valence-corrected chi connectivity index (χ1v) is 13.3. The summed E-state index contributed by atoms with van der Waals surface area (Å²) in [5.41, 5.74) is -0.258. The van der Waals surface area contributed by atoms with Gasteiger partial charge in [-0.2, -0.15) is 27.1 Å². The van der Waals surface area contributed by atoms with Crippen molar-refractivity contribution in [1.29, 1.82) is 0 Å². The molecule has 39 heavy (non-hydrogen) atoms. The molecule has 0 unspecified atom stereocenters. The molecule has 1 amide bonds. The third-order valence-corrected chi connectivity index (χ3v) is 7.73. The van der Waals surface area contributed by atoms with Crippen LogP contribution in [0.25, 0.3) is 22.6 Å². The van der Waals surface area contributed by atoms with Crippen LogP contribution in [0.15, 0.2) is 35.9 Å². The number of ether oxygens (including phenoxy) is 1. The molecule has 4 heterocycles. The molecule has 17 heteroatoms. The number of nitrogens with one attached hydrogen (secondary N) is 1. The zero-order chi connectivity index (χ0) is 28.2. The zero-order valence-corrected chi connectivity index (χ0v) is 20.9. The Hall–Kier alpha value is -3.89. The highest BCUT2D eigenvalue weighted by molar-refractivity contribution is 7.91. The number of hydrogen-bond acceptors (Lipinski definition) is 8. The van der Waals surface area contributed by atoms with Crippen LogP contribution in [0.2, 0.25) is 0 Å². The molecule has 11 nitrogen and oxygen atoms in total. The largest absolute Gasteiger partial charge is 0.469 e. The number of imidazole rings is 1. The van der Waals surface area contributed by atoms with E-state index in [2.05, 4.69) is 25.4 Å². The minimum Gasteiger partial charge on any atom is -0.469 e. The zero-order valence-electron chi connectivity index (χ0n) is 20.1. The number of hydrogen-bond donors (Lipinski definition) is 1. The van der Waals surface area contributed by atoms with Gasteiger partial charge < -0.3 is 10.1 Å². The number of sulfone groups is 1. The van der Waals surface area contributed by atoms with Gasteiger partial charge in [-0.15, -0.1) is 0 Å². The van der Waals surface area contributed by atoms with Gasteiger partial charge in [0.1, 0.15) is 16.8 Å². The van der Waals surface area contributed by atoms with Crippen LogP contribution in [0.1, 0.15) is 30.3 Å². The predicted molar refractivity (Wildman–Crippen MR) is 124 cm³/mol. The van der Waals surface area contributed by atoms with Crippen molar-refractivity contribution in [3.8, 4) is 17.3 Å². The van der Waals surface area contributed by atoms with Crippen molar-refractivity contribution in [2.45, 2.75) is 36.9 Å². The summed E-state index contributed by atoms with van der Waals surface area (Å²) in [6.45, 7) is -0.193. The molecule has 0 bridgehead atoms. The summed E-state index contributed by atoms with van der Waals surface area (Å²) < 4.78 is 97.7. The number of amides is 1. The SMILES string of the molecule is CCS(=O)(=O)c1nn2c(C(=O)NCC3CC3)ccnc2c1-c1ncc2c(OCC(F)(F)C(F)(F)F)nccn12. The quantitative estimate of drug-likeness (QED) is 0.302. The van der Waals surface area contributed by atoms with Crippen LogP contribution in [0.3, 0.4) is 0 Å². The molecule has 1 aliphatic carbocycles. The van der Waals surface area contributed by atoms with E-state index in [-0.39, 0.29) is 34.0 Å². The smallest absolute Gasteiger partial charge is 0.456 e. The van der Waals surface area contributed by atoms with E-state index in [1.54, 1.807) is 0 Å². The fourth-order valence-electron chi connectivity index (χ4n) is 3.74. The van der Waals surface area contributed by atoms with Crippen LogP contribution in [-0.2, 0) is 9.84 Å². The first-order chi connectivity index (χ1) is 18.3. The Bertz CT molecular complexity index is 1680. The average Bonchev–Trinajstić information content (AvgIpc) is 3.49. The van der Waals surface area contributed by atoms with E-state index in [1.165, 1.54) is 29.8 Å². The maximum Gasteiger partial charge on any atom is 0.456 e. The number of alkyl halides is 5. The highest BCUT2D eigenvalue weighted by atomic mass is 32.2. The van der Waals surface area contributed by atoms with Crippen molar-refractivity contribution < 1.29 is 39.9 Å². The number of fused-ring (bicyclic) bond motifs is 2. The van der Waals surface area contributed by atoms with Gasteiger partial charge in [0.2, 0.25) is 5.88 Å².